The third-order valence-electron chi connectivity index (χ3n) is 2.89. The number of ether oxygens (including phenoxy) is 3. The summed E-state index contributed by atoms with van der Waals surface area (Å²) in [5, 5.41) is 18.6. The van der Waals surface area contributed by atoms with E-state index in [2.05, 4.69) is 25.5 Å². The fourth-order valence-corrected chi connectivity index (χ4v) is 2.12. The predicted octanol–water partition coefficient (Wildman–Crippen LogP) is 1.72. The summed E-state index contributed by atoms with van der Waals surface area (Å²) in [6.45, 7) is 17.6. The molecule has 0 fully saturated rings. The highest BCUT2D eigenvalue weighted by Crippen LogP contribution is 2.07. The molecule has 228 valence electrons. The maximum Gasteiger partial charge on any atom is 0.407 e. The molecule has 0 bridgehead atoms. The molecule has 0 spiro atoms. The van der Waals surface area contributed by atoms with Crippen molar-refractivity contribution in [2.75, 3.05) is 52.7 Å². The number of carbonyl (C=O) groups is 3. The second-order valence-electron chi connectivity index (χ2n) is 10.6. The smallest absolute Gasteiger partial charge is 0.407 e. The van der Waals surface area contributed by atoms with Crippen LogP contribution in [0.15, 0.2) is 0 Å². The lowest BCUT2D eigenvalue weighted by Gasteiger charge is -2.19. The van der Waals surface area contributed by atoms with Gasteiger partial charge in [-0.1, -0.05) is 0 Å². The molecule has 0 atom stereocenters. The molecule has 5 N–H and O–H groups in total. The molecule has 0 aliphatic heterocycles. The second kappa shape index (κ2) is 19.7. The minimum absolute atomic E-state index is 0.0702. The van der Waals surface area contributed by atoms with Gasteiger partial charge in [0.2, 0.25) is 0 Å². The number of carbonyl (C=O) groups excluding carboxylic acids is 3. The Labute approximate surface area is 228 Å². The molecule has 0 aromatic heterocycles. The van der Waals surface area contributed by atoms with Crippen LogP contribution in [0, 0.1) is 0 Å². The molecule has 0 saturated carbocycles. The summed E-state index contributed by atoms with van der Waals surface area (Å²) in [5.41, 5.74) is -1.45. The first kappa shape index (κ1) is 40.1. The van der Waals surface area contributed by atoms with Gasteiger partial charge >= 0.3 is 18.3 Å². The average Bonchev–Trinajstić information content (AvgIpc) is 2.66. The van der Waals surface area contributed by atoms with Crippen molar-refractivity contribution < 1.29 is 46.3 Å². The molecule has 38 heavy (non-hydrogen) atoms. The molecule has 0 heterocycles. The Balaban J connectivity index is -0.000000491. The molecule has 0 aliphatic carbocycles. The standard InChI is InChI=1S/C8H18N2O2.C8H17NO5S.C7H15NO3/c1-8(2,3)12-7(11)10-6-5-9-4;1-8(2,3)14-7(10)9-5-6-13-15(4,11)12;1-7(2,3)11-6(10)8-4-5-9/h9H,5-6H2,1-4H3,(H,10,11);5-6H2,1-4H3,(H,9,10);9H,4-5H2,1-3H3,(H,8,10). The summed E-state index contributed by atoms with van der Waals surface area (Å²) in [7, 11) is -1.62. The third-order valence-corrected chi connectivity index (χ3v) is 3.49. The van der Waals surface area contributed by atoms with Gasteiger partial charge < -0.3 is 40.6 Å². The van der Waals surface area contributed by atoms with Gasteiger partial charge in [-0.25, -0.2) is 14.4 Å². The van der Waals surface area contributed by atoms with E-state index in [1.54, 1.807) is 41.5 Å². The number of nitrogens with one attached hydrogen (secondary N) is 4. The maximum atomic E-state index is 11.0. The van der Waals surface area contributed by atoms with Gasteiger partial charge in [-0.05, 0) is 69.4 Å². The predicted molar refractivity (Wildman–Crippen MR) is 145 cm³/mol. The Morgan fingerprint density at radius 2 is 1.00 bits per heavy atom. The molecule has 0 aliphatic rings. The number of hydrogen-bond donors (Lipinski definition) is 5. The Bertz CT molecular complexity index is 771. The average molecular weight is 575 g/mol. The number of hydrogen-bond acceptors (Lipinski definition) is 11. The number of alkyl carbamates (subject to hydrolysis) is 3. The summed E-state index contributed by atoms with van der Waals surface area (Å²) >= 11 is 0. The van der Waals surface area contributed by atoms with Gasteiger partial charge in [0.15, 0.2) is 0 Å². The number of likely N-dealkylation sites (N-methyl/N-ethyl adjacent to an activating group) is 1. The Hall–Kier alpha value is -2.36. The molecule has 14 nitrogen and oxygen atoms in total. The van der Waals surface area contributed by atoms with Crippen molar-refractivity contribution in [3.05, 3.63) is 0 Å². The monoisotopic (exact) mass is 574 g/mol. The highest BCUT2D eigenvalue weighted by Gasteiger charge is 2.16. The van der Waals surface area contributed by atoms with Crippen LogP contribution in [0.1, 0.15) is 62.3 Å². The molecule has 0 saturated heterocycles. The van der Waals surface area contributed by atoms with Crippen molar-refractivity contribution in [3.63, 3.8) is 0 Å². The number of amides is 3. The number of rotatable bonds is 9. The first-order chi connectivity index (χ1) is 17.0. The first-order valence-electron chi connectivity index (χ1n) is 12.0. The molecule has 3 amide bonds. The van der Waals surface area contributed by atoms with Crippen LogP contribution in [0.3, 0.4) is 0 Å². The molecule has 0 rings (SSSR count). The summed E-state index contributed by atoms with van der Waals surface area (Å²) < 4.78 is 40.3. The topological polar surface area (TPSA) is 191 Å². The van der Waals surface area contributed by atoms with Gasteiger partial charge in [0, 0.05) is 26.2 Å². The Morgan fingerprint density at radius 3 is 1.29 bits per heavy atom. The van der Waals surface area contributed by atoms with E-state index in [1.807, 2.05) is 27.8 Å². The van der Waals surface area contributed by atoms with E-state index >= 15 is 0 Å². The van der Waals surface area contributed by atoms with Crippen LogP contribution in [-0.2, 0) is 28.5 Å². The van der Waals surface area contributed by atoms with Crippen LogP contribution in [0.2, 0.25) is 0 Å². The zero-order chi connectivity index (χ0) is 30.6. The van der Waals surface area contributed by atoms with Crippen LogP contribution >= 0.6 is 0 Å². The normalized spacial score (nSPS) is 11.5. The SMILES string of the molecule is CC(C)(C)OC(=O)NCCO.CC(C)(C)OC(=O)NCCOS(C)(=O)=O.CNCCNC(=O)OC(C)(C)C. The van der Waals surface area contributed by atoms with Gasteiger partial charge in [-0.15, -0.1) is 0 Å². The van der Waals surface area contributed by atoms with Gasteiger partial charge in [0.05, 0.1) is 19.5 Å². The van der Waals surface area contributed by atoms with Crippen molar-refractivity contribution in [2.24, 2.45) is 0 Å². The molecular weight excluding hydrogens is 524 g/mol. The third kappa shape index (κ3) is 40.8. The number of aliphatic hydroxyl groups is 1. The second-order valence-corrected chi connectivity index (χ2v) is 12.3. The van der Waals surface area contributed by atoms with Gasteiger partial charge in [-0.2, -0.15) is 8.42 Å². The van der Waals surface area contributed by atoms with Crippen LogP contribution < -0.4 is 21.3 Å². The lowest BCUT2D eigenvalue weighted by atomic mass is 10.2. The van der Waals surface area contributed by atoms with Gasteiger partial charge in [0.25, 0.3) is 10.1 Å². The van der Waals surface area contributed by atoms with E-state index in [1.165, 1.54) is 0 Å². The molecule has 0 aromatic carbocycles. The molecule has 0 aromatic rings. The van der Waals surface area contributed by atoms with Crippen molar-refractivity contribution in [2.45, 2.75) is 79.1 Å². The Morgan fingerprint density at radius 1 is 0.658 bits per heavy atom. The molecule has 15 heteroatoms. The van der Waals surface area contributed by atoms with Gasteiger partial charge in [0.1, 0.15) is 16.8 Å². The fraction of sp³-hybridized carbons (Fsp3) is 0.870. The van der Waals surface area contributed by atoms with E-state index in [4.69, 9.17) is 19.3 Å². The zero-order valence-corrected chi connectivity index (χ0v) is 25.6. The summed E-state index contributed by atoms with van der Waals surface area (Å²) in [4.78, 5) is 32.8. The van der Waals surface area contributed by atoms with E-state index in [0.29, 0.717) is 6.54 Å². The lowest BCUT2D eigenvalue weighted by Crippen LogP contribution is -2.35. The van der Waals surface area contributed by atoms with E-state index in [9.17, 15) is 22.8 Å². The largest absolute Gasteiger partial charge is 0.444 e. The summed E-state index contributed by atoms with van der Waals surface area (Å²) in [5.74, 6) is 0. The molecular formula is C23H50N4O10S. The van der Waals surface area contributed by atoms with Crippen molar-refractivity contribution in [1.29, 1.82) is 0 Å². The summed E-state index contributed by atoms with van der Waals surface area (Å²) in [6, 6.07) is 0. The highest BCUT2D eigenvalue weighted by molar-refractivity contribution is 7.85. The Kier molecular flexibility index (Phi) is 20.8. The van der Waals surface area contributed by atoms with Crippen LogP contribution in [0.25, 0.3) is 0 Å². The van der Waals surface area contributed by atoms with Crippen LogP contribution in [-0.4, -0.2) is 101 Å². The first-order valence-corrected chi connectivity index (χ1v) is 13.8. The quantitative estimate of drug-likeness (QED) is 0.153. The van der Waals surface area contributed by atoms with Gasteiger partial charge in [-0.3, -0.25) is 4.18 Å². The van der Waals surface area contributed by atoms with Crippen molar-refractivity contribution >= 4 is 28.4 Å². The van der Waals surface area contributed by atoms with Crippen LogP contribution in [0.4, 0.5) is 14.4 Å². The zero-order valence-electron chi connectivity index (χ0n) is 24.8. The molecule has 0 unspecified atom stereocenters. The minimum atomic E-state index is -3.45. The van der Waals surface area contributed by atoms with E-state index < -0.39 is 39.1 Å². The summed E-state index contributed by atoms with van der Waals surface area (Å²) in [6.07, 6.45) is -0.510. The maximum absolute atomic E-state index is 11.0. The van der Waals surface area contributed by atoms with Crippen molar-refractivity contribution in [1.82, 2.24) is 21.3 Å². The minimum Gasteiger partial charge on any atom is -0.444 e. The van der Waals surface area contributed by atoms with E-state index in [0.717, 1.165) is 12.8 Å². The van der Waals surface area contributed by atoms with Crippen molar-refractivity contribution in [3.8, 4) is 0 Å². The van der Waals surface area contributed by atoms with E-state index in [-0.39, 0.29) is 32.4 Å². The fourth-order valence-electron chi connectivity index (χ4n) is 1.74. The number of aliphatic hydroxyl groups excluding tert-OH is 1. The van der Waals surface area contributed by atoms with Crippen LogP contribution in [0.5, 0.6) is 0 Å². The molecule has 0 radical (unpaired) electrons. The highest BCUT2D eigenvalue weighted by atomic mass is 32.2. The lowest BCUT2D eigenvalue weighted by molar-refractivity contribution is 0.0508.